The number of aromatic nitrogens is 1. The third-order valence-corrected chi connectivity index (χ3v) is 2.63. The largest absolute Gasteiger partial charge is 0.364 e. The monoisotopic (exact) mass is 248 g/mol. The predicted molar refractivity (Wildman–Crippen MR) is 63.7 cm³/mol. The lowest BCUT2D eigenvalue weighted by atomic mass is 10.1. The highest BCUT2D eigenvalue weighted by atomic mass is 19.1. The zero-order chi connectivity index (χ0) is 13.0. The van der Waals surface area contributed by atoms with Gasteiger partial charge in [0.1, 0.15) is 17.6 Å². The van der Waals surface area contributed by atoms with Gasteiger partial charge >= 0.3 is 0 Å². The van der Waals surface area contributed by atoms with Gasteiger partial charge in [-0.2, -0.15) is 0 Å². The molecule has 0 saturated carbocycles. The summed E-state index contributed by atoms with van der Waals surface area (Å²) in [4.78, 5) is 11.7. The fourth-order valence-corrected chi connectivity index (χ4v) is 1.62. The third-order valence-electron chi connectivity index (χ3n) is 2.63. The van der Waals surface area contributed by atoms with E-state index in [2.05, 4.69) is 15.0 Å². The van der Waals surface area contributed by atoms with Crippen molar-refractivity contribution < 1.29 is 13.7 Å². The van der Waals surface area contributed by atoms with Gasteiger partial charge in [0.2, 0.25) is 0 Å². The summed E-state index contributed by atoms with van der Waals surface area (Å²) in [7, 11) is 0. The highest BCUT2D eigenvalue weighted by molar-refractivity contribution is 5.94. The molecule has 0 radical (unpaired) electrons. The lowest BCUT2D eigenvalue weighted by Crippen LogP contribution is -2.26. The van der Waals surface area contributed by atoms with E-state index in [1.54, 1.807) is 25.1 Å². The van der Waals surface area contributed by atoms with Gasteiger partial charge < -0.3 is 9.84 Å². The van der Waals surface area contributed by atoms with Crippen molar-refractivity contribution in [2.75, 3.05) is 6.54 Å². The molecular formula is C13H13FN2O2. The Morgan fingerprint density at radius 1 is 1.44 bits per heavy atom. The van der Waals surface area contributed by atoms with Crippen LogP contribution in [0.2, 0.25) is 0 Å². The van der Waals surface area contributed by atoms with Gasteiger partial charge in [0.25, 0.3) is 5.91 Å². The summed E-state index contributed by atoms with van der Waals surface area (Å²) in [6, 6.07) is 6.51. The average molecular weight is 248 g/mol. The van der Waals surface area contributed by atoms with Crippen LogP contribution in [0.1, 0.15) is 21.6 Å². The van der Waals surface area contributed by atoms with Gasteiger partial charge in [-0.05, 0) is 25.0 Å². The normalized spacial score (nSPS) is 10.3. The number of hydrogen-bond acceptors (Lipinski definition) is 3. The van der Waals surface area contributed by atoms with E-state index in [9.17, 15) is 9.18 Å². The van der Waals surface area contributed by atoms with Crippen LogP contribution in [0.25, 0.3) is 0 Å². The number of hydrogen-bond donors (Lipinski definition) is 1. The minimum Gasteiger partial charge on any atom is -0.364 e. The number of carbonyl (C=O) groups is 1. The van der Waals surface area contributed by atoms with Gasteiger partial charge in [-0.3, -0.25) is 4.79 Å². The summed E-state index contributed by atoms with van der Waals surface area (Å²) in [6.45, 7) is 2.06. The van der Waals surface area contributed by atoms with Crippen LogP contribution in [0.15, 0.2) is 35.1 Å². The van der Waals surface area contributed by atoms with E-state index in [0.29, 0.717) is 29.8 Å². The Hall–Kier alpha value is -2.17. The number of halogens is 1. The summed E-state index contributed by atoms with van der Waals surface area (Å²) in [6.07, 6.45) is 1.75. The maximum absolute atomic E-state index is 13.3. The number of benzene rings is 1. The molecule has 1 heterocycles. The number of carbonyl (C=O) groups excluding carboxylic acids is 1. The van der Waals surface area contributed by atoms with Crippen molar-refractivity contribution in [2.24, 2.45) is 0 Å². The lowest BCUT2D eigenvalue weighted by molar-refractivity contribution is 0.0953. The highest BCUT2D eigenvalue weighted by Crippen LogP contribution is 2.07. The number of rotatable bonds is 4. The van der Waals surface area contributed by atoms with Gasteiger partial charge in [0.15, 0.2) is 0 Å². The highest BCUT2D eigenvalue weighted by Gasteiger charge is 2.11. The minimum atomic E-state index is -0.259. The molecule has 5 heteroatoms. The molecule has 0 spiro atoms. The Morgan fingerprint density at radius 2 is 2.22 bits per heavy atom. The second-order valence-corrected chi connectivity index (χ2v) is 3.91. The van der Waals surface area contributed by atoms with Crippen LogP contribution >= 0.6 is 0 Å². The molecule has 1 N–H and O–H groups in total. The Kier molecular flexibility index (Phi) is 3.72. The number of amides is 1. The molecule has 0 unspecified atom stereocenters. The van der Waals surface area contributed by atoms with E-state index >= 15 is 0 Å². The number of nitrogens with zero attached hydrogens (tertiary/aromatic N) is 1. The Labute approximate surface area is 104 Å². The first-order chi connectivity index (χ1) is 8.68. The van der Waals surface area contributed by atoms with Crippen LogP contribution in [-0.4, -0.2) is 17.6 Å². The van der Waals surface area contributed by atoms with E-state index < -0.39 is 0 Å². The predicted octanol–water partition coefficient (Wildman–Crippen LogP) is 2.09. The molecule has 2 rings (SSSR count). The molecule has 0 aliphatic rings. The molecular weight excluding hydrogens is 235 g/mol. The van der Waals surface area contributed by atoms with Gasteiger partial charge in [-0.25, -0.2) is 4.39 Å². The summed E-state index contributed by atoms with van der Waals surface area (Å²) in [5, 5.41) is 6.32. The first kappa shape index (κ1) is 12.3. The molecule has 0 saturated heterocycles. The van der Waals surface area contributed by atoms with E-state index in [4.69, 9.17) is 0 Å². The van der Waals surface area contributed by atoms with Crippen molar-refractivity contribution in [3.8, 4) is 0 Å². The van der Waals surface area contributed by atoms with E-state index in [1.807, 2.05) is 0 Å². The van der Waals surface area contributed by atoms with Crippen molar-refractivity contribution in [1.82, 2.24) is 10.5 Å². The SMILES string of the molecule is Cc1nocc1C(=O)NCCc1ccccc1F. The van der Waals surface area contributed by atoms with Crippen LogP contribution in [0.3, 0.4) is 0 Å². The summed E-state index contributed by atoms with van der Waals surface area (Å²) in [5.74, 6) is -0.516. The van der Waals surface area contributed by atoms with Gasteiger partial charge in [-0.15, -0.1) is 0 Å². The van der Waals surface area contributed by atoms with Crippen LogP contribution in [0, 0.1) is 12.7 Å². The molecule has 18 heavy (non-hydrogen) atoms. The molecule has 4 nitrogen and oxygen atoms in total. The van der Waals surface area contributed by atoms with Crippen LogP contribution in [0.5, 0.6) is 0 Å². The minimum absolute atomic E-state index is 0.257. The maximum Gasteiger partial charge on any atom is 0.256 e. The Balaban J connectivity index is 1.88. The molecule has 0 fully saturated rings. The molecule has 94 valence electrons. The van der Waals surface area contributed by atoms with E-state index in [0.717, 1.165) is 0 Å². The summed E-state index contributed by atoms with van der Waals surface area (Å²) < 4.78 is 18.0. The van der Waals surface area contributed by atoms with Crippen molar-refractivity contribution >= 4 is 5.91 Å². The molecule has 1 amide bonds. The topological polar surface area (TPSA) is 55.1 Å². The zero-order valence-electron chi connectivity index (χ0n) is 9.94. The van der Waals surface area contributed by atoms with Gasteiger partial charge in [0, 0.05) is 6.54 Å². The molecule has 0 aliphatic heterocycles. The Morgan fingerprint density at radius 3 is 2.89 bits per heavy atom. The van der Waals surface area contributed by atoms with E-state index in [1.165, 1.54) is 12.3 Å². The van der Waals surface area contributed by atoms with Crippen LogP contribution < -0.4 is 5.32 Å². The molecule has 1 aromatic carbocycles. The van der Waals surface area contributed by atoms with Crippen molar-refractivity contribution in [2.45, 2.75) is 13.3 Å². The molecule has 2 aromatic rings. The second kappa shape index (κ2) is 5.44. The summed E-state index contributed by atoms with van der Waals surface area (Å²) >= 11 is 0. The molecule has 0 atom stereocenters. The molecule has 1 aromatic heterocycles. The Bertz CT molecular complexity index is 551. The van der Waals surface area contributed by atoms with Crippen LogP contribution in [0.4, 0.5) is 4.39 Å². The summed E-state index contributed by atoms with van der Waals surface area (Å²) in [5.41, 5.74) is 1.53. The van der Waals surface area contributed by atoms with Crippen molar-refractivity contribution in [3.63, 3.8) is 0 Å². The lowest BCUT2D eigenvalue weighted by Gasteiger charge is -2.05. The molecule has 0 bridgehead atoms. The van der Waals surface area contributed by atoms with Gasteiger partial charge in [-0.1, -0.05) is 23.4 Å². The molecule has 0 aliphatic carbocycles. The number of aryl methyl sites for hydroxylation is 1. The first-order valence-corrected chi connectivity index (χ1v) is 5.61. The van der Waals surface area contributed by atoms with Gasteiger partial charge in [0.05, 0.1) is 5.69 Å². The standard InChI is InChI=1S/C13H13FN2O2/c1-9-11(8-18-16-9)13(17)15-7-6-10-4-2-3-5-12(10)14/h2-5,8H,6-7H2,1H3,(H,15,17). The maximum atomic E-state index is 13.3. The van der Waals surface area contributed by atoms with Crippen molar-refractivity contribution in [1.29, 1.82) is 0 Å². The van der Waals surface area contributed by atoms with E-state index in [-0.39, 0.29) is 11.7 Å². The third kappa shape index (κ3) is 2.74. The second-order valence-electron chi connectivity index (χ2n) is 3.91. The fraction of sp³-hybridized carbons (Fsp3) is 0.231. The van der Waals surface area contributed by atoms with Crippen LogP contribution in [-0.2, 0) is 6.42 Å². The average Bonchev–Trinajstić information content (AvgIpc) is 2.78. The zero-order valence-corrected chi connectivity index (χ0v) is 9.94. The number of nitrogens with one attached hydrogen (secondary N) is 1. The smallest absolute Gasteiger partial charge is 0.256 e. The van der Waals surface area contributed by atoms with Crippen molar-refractivity contribution in [3.05, 3.63) is 53.2 Å². The first-order valence-electron chi connectivity index (χ1n) is 5.61. The quantitative estimate of drug-likeness (QED) is 0.901. The fourth-order valence-electron chi connectivity index (χ4n) is 1.62.